The van der Waals surface area contributed by atoms with Crippen LogP contribution in [0.4, 0.5) is 4.39 Å². The quantitative estimate of drug-likeness (QED) is 0.709. The van der Waals surface area contributed by atoms with Crippen LogP contribution in [0.1, 0.15) is 22.5 Å². The van der Waals surface area contributed by atoms with Gasteiger partial charge in [-0.3, -0.25) is 4.79 Å². The number of hydrogen-bond acceptors (Lipinski definition) is 2. The predicted octanol–water partition coefficient (Wildman–Crippen LogP) is 4.00. The monoisotopic (exact) mass is 374 g/mol. The third-order valence-corrected chi connectivity index (χ3v) is 4.64. The van der Waals surface area contributed by atoms with E-state index in [1.54, 1.807) is 40.8 Å². The standard InChI is InChI=1S/C20H20ClFN2O2/c1-23-18-8-7-17(22)11-15(18)12-19(23)20(26)24(9-2-10-25)13-14-3-5-16(21)6-4-14/h3-8,11-12,25H,2,9-10,13H2,1H3. The van der Waals surface area contributed by atoms with E-state index in [9.17, 15) is 9.18 Å². The summed E-state index contributed by atoms with van der Waals surface area (Å²) < 4.78 is 15.2. The highest BCUT2D eigenvalue weighted by Gasteiger charge is 2.20. The summed E-state index contributed by atoms with van der Waals surface area (Å²) in [6.07, 6.45) is 0.484. The maximum atomic E-state index is 13.5. The van der Waals surface area contributed by atoms with E-state index >= 15 is 0 Å². The van der Waals surface area contributed by atoms with Crippen molar-refractivity contribution in [3.63, 3.8) is 0 Å². The van der Waals surface area contributed by atoms with Crippen LogP contribution in [0, 0.1) is 5.82 Å². The summed E-state index contributed by atoms with van der Waals surface area (Å²) in [5.41, 5.74) is 2.23. The fourth-order valence-electron chi connectivity index (χ4n) is 3.01. The summed E-state index contributed by atoms with van der Waals surface area (Å²) in [7, 11) is 1.79. The lowest BCUT2D eigenvalue weighted by molar-refractivity contribution is 0.0723. The molecule has 0 saturated heterocycles. The highest BCUT2D eigenvalue weighted by atomic mass is 35.5. The second kappa shape index (κ2) is 7.89. The summed E-state index contributed by atoms with van der Waals surface area (Å²) in [6, 6.07) is 13.5. The van der Waals surface area contributed by atoms with E-state index < -0.39 is 0 Å². The number of aliphatic hydroxyl groups excluding tert-OH is 1. The summed E-state index contributed by atoms with van der Waals surface area (Å²) in [5.74, 6) is -0.493. The van der Waals surface area contributed by atoms with Gasteiger partial charge in [0.2, 0.25) is 0 Å². The number of aliphatic hydroxyl groups is 1. The van der Waals surface area contributed by atoms with Crippen molar-refractivity contribution in [1.29, 1.82) is 0 Å². The van der Waals surface area contributed by atoms with Gasteiger partial charge < -0.3 is 14.6 Å². The number of hydrogen-bond donors (Lipinski definition) is 1. The number of aromatic nitrogens is 1. The molecule has 0 aliphatic carbocycles. The van der Waals surface area contributed by atoms with Crippen LogP contribution in [-0.4, -0.2) is 33.6 Å². The van der Waals surface area contributed by atoms with Gasteiger partial charge in [0.05, 0.1) is 0 Å². The molecule has 26 heavy (non-hydrogen) atoms. The SMILES string of the molecule is Cn1c(C(=O)N(CCCO)Cc2ccc(Cl)cc2)cc2cc(F)ccc21. The van der Waals surface area contributed by atoms with Crippen LogP contribution in [-0.2, 0) is 13.6 Å². The fourth-order valence-corrected chi connectivity index (χ4v) is 3.14. The van der Waals surface area contributed by atoms with Gasteiger partial charge in [-0.15, -0.1) is 0 Å². The lowest BCUT2D eigenvalue weighted by Crippen LogP contribution is -2.33. The van der Waals surface area contributed by atoms with Gasteiger partial charge in [-0.05, 0) is 48.4 Å². The smallest absolute Gasteiger partial charge is 0.270 e. The number of aryl methyl sites for hydroxylation is 1. The molecule has 1 amide bonds. The zero-order chi connectivity index (χ0) is 18.7. The molecule has 1 heterocycles. The van der Waals surface area contributed by atoms with Crippen LogP contribution in [0.15, 0.2) is 48.5 Å². The zero-order valence-corrected chi connectivity index (χ0v) is 15.2. The van der Waals surface area contributed by atoms with Crippen molar-refractivity contribution in [3.8, 4) is 0 Å². The molecule has 4 nitrogen and oxygen atoms in total. The van der Waals surface area contributed by atoms with Crippen molar-refractivity contribution in [1.82, 2.24) is 9.47 Å². The molecule has 3 aromatic rings. The second-order valence-corrected chi connectivity index (χ2v) is 6.66. The predicted molar refractivity (Wildman–Crippen MR) is 101 cm³/mol. The van der Waals surface area contributed by atoms with Crippen molar-refractivity contribution < 1.29 is 14.3 Å². The van der Waals surface area contributed by atoms with E-state index in [1.807, 2.05) is 12.1 Å². The number of carbonyl (C=O) groups excluding carboxylic acids is 1. The Balaban J connectivity index is 1.91. The minimum absolute atomic E-state index is 0.00468. The summed E-state index contributed by atoms with van der Waals surface area (Å²) in [5, 5.41) is 10.5. The maximum Gasteiger partial charge on any atom is 0.270 e. The molecule has 6 heteroatoms. The van der Waals surface area contributed by atoms with Gasteiger partial charge >= 0.3 is 0 Å². The van der Waals surface area contributed by atoms with E-state index in [0.717, 1.165) is 11.1 Å². The molecule has 1 aromatic heterocycles. The lowest BCUT2D eigenvalue weighted by atomic mass is 10.2. The molecule has 2 aromatic carbocycles. The highest BCUT2D eigenvalue weighted by Crippen LogP contribution is 2.22. The van der Waals surface area contributed by atoms with Crippen LogP contribution >= 0.6 is 11.6 Å². The van der Waals surface area contributed by atoms with Crippen LogP contribution in [0.5, 0.6) is 0 Å². The van der Waals surface area contributed by atoms with Crippen molar-refractivity contribution in [2.75, 3.05) is 13.2 Å². The van der Waals surface area contributed by atoms with Gasteiger partial charge in [0.25, 0.3) is 5.91 Å². The first-order chi connectivity index (χ1) is 12.5. The average Bonchev–Trinajstić information content (AvgIpc) is 2.95. The van der Waals surface area contributed by atoms with E-state index in [4.69, 9.17) is 16.7 Å². The Labute approximate surface area is 156 Å². The largest absolute Gasteiger partial charge is 0.396 e. The number of benzene rings is 2. The first-order valence-corrected chi connectivity index (χ1v) is 8.77. The average molecular weight is 375 g/mol. The van der Waals surface area contributed by atoms with Crippen molar-refractivity contribution in [3.05, 3.63) is 70.6 Å². The molecule has 0 aliphatic heterocycles. The van der Waals surface area contributed by atoms with Gasteiger partial charge in [-0.25, -0.2) is 4.39 Å². The summed E-state index contributed by atoms with van der Waals surface area (Å²) in [4.78, 5) is 14.8. The third-order valence-electron chi connectivity index (χ3n) is 4.38. The molecular weight excluding hydrogens is 355 g/mol. The Bertz CT molecular complexity index is 921. The molecule has 0 fully saturated rings. The van der Waals surface area contributed by atoms with E-state index in [2.05, 4.69) is 0 Å². The molecule has 0 radical (unpaired) electrons. The molecule has 0 aliphatic rings. The molecule has 0 bridgehead atoms. The maximum absolute atomic E-state index is 13.5. The Kier molecular flexibility index (Phi) is 5.59. The van der Waals surface area contributed by atoms with E-state index in [0.29, 0.717) is 35.6 Å². The summed E-state index contributed by atoms with van der Waals surface area (Å²) in [6.45, 7) is 0.838. The van der Waals surface area contributed by atoms with E-state index in [-0.39, 0.29) is 18.3 Å². The molecule has 0 saturated carbocycles. The first-order valence-electron chi connectivity index (χ1n) is 8.39. The Hall–Kier alpha value is -2.37. The van der Waals surface area contributed by atoms with Gasteiger partial charge in [-0.2, -0.15) is 0 Å². The highest BCUT2D eigenvalue weighted by molar-refractivity contribution is 6.30. The molecular formula is C20H20ClFN2O2. The molecule has 3 rings (SSSR count). The number of halogens is 2. The van der Waals surface area contributed by atoms with Gasteiger partial charge in [0.15, 0.2) is 0 Å². The van der Waals surface area contributed by atoms with Crippen molar-refractivity contribution >= 4 is 28.4 Å². The topological polar surface area (TPSA) is 45.5 Å². The van der Waals surface area contributed by atoms with Crippen molar-refractivity contribution in [2.45, 2.75) is 13.0 Å². The number of carbonyl (C=O) groups is 1. The number of fused-ring (bicyclic) bond motifs is 1. The van der Waals surface area contributed by atoms with Crippen LogP contribution in [0.25, 0.3) is 10.9 Å². The summed E-state index contributed by atoms with van der Waals surface area (Å²) >= 11 is 5.92. The van der Waals surface area contributed by atoms with Crippen LogP contribution < -0.4 is 0 Å². The number of amides is 1. The second-order valence-electron chi connectivity index (χ2n) is 6.22. The van der Waals surface area contributed by atoms with Gasteiger partial charge in [0, 0.05) is 42.7 Å². The fraction of sp³-hybridized carbons (Fsp3) is 0.250. The first kappa shape index (κ1) is 18.4. The Morgan fingerprint density at radius 1 is 1.19 bits per heavy atom. The normalized spacial score (nSPS) is 11.1. The number of nitrogens with zero attached hydrogens (tertiary/aromatic N) is 2. The van der Waals surface area contributed by atoms with Crippen molar-refractivity contribution in [2.24, 2.45) is 7.05 Å². The Morgan fingerprint density at radius 3 is 2.62 bits per heavy atom. The molecule has 136 valence electrons. The third kappa shape index (κ3) is 3.89. The van der Waals surface area contributed by atoms with Crippen LogP contribution in [0.2, 0.25) is 5.02 Å². The molecule has 0 atom stereocenters. The zero-order valence-electron chi connectivity index (χ0n) is 14.5. The molecule has 1 N–H and O–H groups in total. The molecule has 0 spiro atoms. The van der Waals surface area contributed by atoms with Crippen LogP contribution in [0.3, 0.4) is 0 Å². The lowest BCUT2D eigenvalue weighted by Gasteiger charge is -2.23. The minimum atomic E-state index is -0.333. The molecule has 0 unspecified atom stereocenters. The minimum Gasteiger partial charge on any atom is -0.396 e. The Morgan fingerprint density at radius 2 is 1.92 bits per heavy atom. The number of rotatable bonds is 6. The van der Waals surface area contributed by atoms with E-state index in [1.165, 1.54) is 12.1 Å². The van der Waals surface area contributed by atoms with Gasteiger partial charge in [0.1, 0.15) is 11.5 Å². The van der Waals surface area contributed by atoms with Gasteiger partial charge in [-0.1, -0.05) is 23.7 Å².